The minimum absolute atomic E-state index is 0.0420. The normalized spacial score (nSPS) is 13.2. The van der Waals surface area contributed by atoms with Gasteiger partial charge in [-0.2, -0.15) is 5.26 Å². The maximum atomic E-state index is 10.6. The van der Waals surface area contributed by atoms with Crippen LogP contribution in [0, 0.1) is 25.2 Å². The van der Waals surface area contributed by atoms with E-state index in [1.807, 2.05) is 18.2 Å². The first-order valence-corrected chi connectivity index (χ1v) is 14.8. The summed E-state index contributed by atoms with van der Waals surface area (Å²) in [5.74, 6) is 1.51. The number of hydrogen-bond acceptors (Lipinski definition) is 7. The van der Waals surface area contributed by atoms with Gasteiger partial charge in [0.1, 0.15) is 19.3 Å². The average molecular weight is 551 g/mol. The van der Waals surface area contributed by atoms with Crippen molar-refractivity contribution in [2.24, 2.45) is 0 Å². The third-order valence-electron chi connectivity index (χ3n) is 6.78. The van der Waals surface area contributed by atoms with Crippen LogP contribution in [0.25, 0.3) is 28.0 Å². The van der Waals surface area contributed by atoms with Crippen LogP contribution in [0.2, 0.25) is 0 Å². The van der Waals surface area contributed by atoms with E-state index in [0.29, 0.717) is 13.2 Å². The molecule has 4 heterocycles. The highest BCUT2D eigenvalue weighted by atomic mass is 32.1. The zero-order chi connectivity index (χ0) is 27.1. The molecule has 1 aliphatic heterocycles. The maximum absolute atomic E-state index is 10.6. The molecule has 3 aromatic heterocycles. The summed E-state index contributed by atoms with van der Waals surface area (Å²) in [7, 11) is 0. The van der Waals surface area contributed by atoms with Gasteiger partial charge in [-0.15, -0.1) is 22.7 Å². The van der Waals surface area contributed by atoms with Crippen LogP contribution >= 0.6 is 22.7 Å². The van der Waals surface area contributed by atoms with Gasteiger partial charge >= 0.3 is 0 Å². The summed E-state index contributed by atoms with van der Waals surface area (Å²) >= 11 is 3.15. The Balaban J connectivity index is 1.68. The molecule has 200 valence electrons. The predicted octanol–water partition coefficient (Wildman–Crippen LogP) is 8.02. The van der Waals surface area contributed by atoms with Gasteiger partial charge in [-0.1, -0.05) is 33.1 Å². The van der Waals surface area contributed by atoms with Crippen LogP contribution in [0.4, 0.5) is 0 Å². The first kappa shape index (κ1) is 27.7. The fraction of sp³-hybridized carbons (Fsp3) is 0.400. The van der Waals surface area contributed by atoms with E-state index in [1.165, 1.54) is 59.5 Å². The molecule has 0 N–H and O–H groups in total. The topological polar surface area (TPSA) is 73.5 Å². The summed E-state index contributed by atoms with van der Waals surface area (Å²) in [5.41, 5.74) is 5.41. The fourth-order valence-corrected chi connectivity index (χ4v) is 7.06. The van der Waals surface area contributed by atoms with E-state index >= 15 is 0 Å². The Morgan fingerprint density at radius 1 is 1.11 bits per heavy atom. The van der Waals surface area contributed by atoms with Gasteiger partial charge in [0.25, 0.3) is 6.47 Å². The van der Waals surface area contributed by atoms with Crippen molar-refractivity contribution < 1.29 is 19.0 Å². The Morgan fingerprint density at radius 2 is 1.89 bits per heavy atom. The molecule has 0 saturated carbocycles. The fourth-order valence-electron chi connectivity index (χ4n) is 4.92. The van der Waals surface area contributed by atoms with Crippen molar-refractivity contribution in [3.8, 4) is 27.3 Å². The van der Waals surface area contributed by atoms with Gasteiger partial charge < -0.3 is 18.8 Å². The molecular weight excluding hydrogens is 516 g/mol. The number of thiophene rings is 2. The quantitative estimate of drug-likeness (QED) is 0.0988. The zero-order valence-corrected chi connectivity index (χ0v) is 24.1. The minimum atomic E-state index is -0.0420. The number of allylic oxidation sites excluding steroid dienone is 1. The van der Waals surface area contributed by atoms with Crippen LogP contribution in [0.3, 0.4) is 0 Å². The van der Waals surface area contributed by atoms with Crippen molar-refractivity contribution in [3.63, 3.8) is 0 Å². The van der Waals surface area contributed by atoms with E-state index in [0.717, 1.165) is 44.0 Å². The molecule has 0 aromatic carbocycles. The van der Waals surface area contributed by atoms with Crippen LogP contribution in [-0.4, -0.2) is 24.3 Å². The molecule has 0 radical (unpaired) electrons. The highest BCUT2D eigenvalue weighted by Gasteiger charge is 2.25. The van der Waals surface area contributed by atoms with E-state index in [4.69, 9.17) is 19.5 Å². The molecule has 6 nitrogen and oxygen atoms in total. The number of ether oxygens (including phenoxy) is 3. The lowest BCUT2D eigenvalue weighted by molar-refractivity contribution is -0.124. The number of aromatic nitrogens is 1. The van der Waals surface area contributed by atoms with Gasteiger partial charge in [0.05, 0.1) is 9.75 Å². The van der Waals surface area contributed by atoms with Crippen LogP contribution in [-0.2, 0) is 22.5 Å². The number of unbranched alkanes of at least 4 members (excludes halogenated alkanes) is 3. The molecular formula is C30H34N2O4S2. The molecule has 4 rings (SSSR count). The molecule has 38 heavy (non-hydrogen) atoms. The molecule has 1 aliphatic rings. The van der Waals surface area contributed by atoms with Crippen molar-refractivity contribution >= 4 is 47.4 Å². The Bertz CT molecular complexity index is 1380. The standard InChI is InChI=1S/C30H34N2O4S2/c1-5-7-8-9-14-32-21(4)24(6-2)20(3)25(32)11-13-26-28-29(35-16-15-34-28)30(38-26)27-12-10-23(37-27)17-22(18-31)36-19-33/h10-13,17,19H,5-9,14-16H2,1-4H3/b13-11+,22-17-. The van der Waals surface area contributed by atoms with Crippen LogP contribution in [0.1, 0.15) is 71.8 Å². The van der Waals surface area contributed by atoms with Crippen LogP contribution in [0.5, 0.6) is 11.5 Å². The van der Waals surface area contributed by atoms with Gasteiger partial charge in [-0.05, 0) is 62.1 Å². The van der Waals surface area contributed by atoms with Crippen LogP contribution in [0.15, 0.2) is 17.9 Å². The van der Waals surface area contributed by atoms with Crippen molar-refractivity contribution in [1.29, 1.82) is 5.26 Å². The van der Waals surface area contributed by atoms with Crippen molar-refractivity contribution in [2.45, 2.75) is 66.3 Å². The highest BCUT2D eigenvalue weighted by molar-refractivity contribution is 7.23. The van der Waals surface area contributed by atoms with E-state index in [-0.39, 0.29) is 12.2 Å². The lowest BCUT2D eigenvalue weighted by Gasteiger charge is -2.16. The lowest BCUT2D eigenvalue weighted by atomic mass is 10.1. The van der Waals surface area contributed by atoms with Gasteiger partial charge in [0, 0.05) is 33.8 Å². The minimum Gasteiger partial charge on any atom is -0.485 e. The second kappa shape index (κ2) is 13.0. The Hall–Kier alpha value is -3.28. The van der Waals surface area contributed by atoms with Gasteiger partial charge in [0.2, 0.25) is 5.76 Å². The molecule has 0 aliphatic carbocycles. The van der Waals surface area contributed by atoms with Crippen molar-refractivity contribution in [1.82, 2.24) is 4.57 Å². The van der Waals surface area contributed by atoms with E-state index in [9.17, 15) is 4.79 Å². The molecule has 0 bridgehead atoms. The van der Waals surface area contributed by atoms with Crippen LogP contribution < -0.4 is 9.47 Å². The smallest absolute Gasteiger partial charge is 0.299 e. The zero-order valence-electron chi connectivity index (χ0n) is 22.5. The average Bonchev–Trinajstić information content (AvgIpc) is 3.60. The molecule has 3 aromatic rings. The van der Waals surface area contributed by atoms with Gasteiger partial charge in [-0.25, -0.2) is 0 Å². The number of carbonyl (C=O) groups is 1. The first-order chi connectivity index (χ1) is 18.5. The Morgan fingerprint density at radius 3 is 2.61 bits per heavy atom. The number of nitriles is 1. The molecule has 0 amide bonds. The van der Waals surface area contributed by atoms with Crippen molar-refractivity contribution in [3.05, 3.63) is 50.2 Å². The van der Waals surface area contributed by atoms with E-state index in [1.54, 1.807) is 17.4 Å². The molecule has 0 atom stereocenters. The Labute approximate surface area is 232 Å². The van der Waals surface area contributed by atoms with E-state index in [2.05, 4.69) is 44.4 Å². The molecule has 0 spiro atoms. The summed E-state index contributed by atoms with van der Waals surface area (Å²) in [6.45, 7) is 11.3. The predicted molar refractivity (Wildman–Crippen MR) is 156 cm³/mol. The second-order valence-electron chi connectivity index (χ2n) is 9.16. The highest BCUT2D eigenvalue weighted by Crippen LogP contribution is 2.51. The summed E-state index contributed by atoms with van der Waals surface area (Å²) in [6.07, 6.45) is 11.9. The number of fused-ring (bicyclic) bond motifs is 1. The summed E-state index contributed by atoms with van der Waals surface area (Å²) in [4.78, 5) is 14.5. The number of rotatable bonds is 12. The molecule has 0 fully saturated rings. The number of hydrogen-bond donors (Lipinski definition) is 0. The summed E-state index contributed by atoms with van der Waals surface area (Å²) in [6, 6.07) is 5.78. The molecule has 0 unspecified atom stereocenters. The Kier molecular flexibility index (Phi) is 9.48. The lowest BCUT2D eigenvalue weighted by Crippen LogP contribution is -2.14. The van der Waals surface area contributed by atoms with Gasteiger partial charge in [0.15, 0.2) is 11.5 Å². The summed E-state index contributed by atoms with van der Waals surface area (Å²) < 4.78 is 19.4. The number of nitrogens with zero attached hydrogens (tertiary/aromatic N) is 2. The first-order valence-electron chi connectivity index (χ1n) is 13.1. The monoisotopic (exact) mass is 550 g/mol. The SMILES string of the molecule is CCCCCCn1c(C)c(CC)c(C)c1/C=C/c1sc(-c2ccc(/C=C(/C#N)OC=O)s2)c2c1OCCO2. The second-order valence-corrected chi connectivity index (χ2v) is 11.3. The van der Waals surface area contributed by atoms with Crippen molar-refractivity contribution in [2.75, 3.05) is 13.2 Å². The largest absolute Gasteiger partial charge is 0.485 e. The van der Waals surface area contributed by atoms with E-state index < -0.39 is 0 Å². The molecule has 8 heteroatoms. The third kappa shape index (κ3) is 5.90. The number of carbonyl (C=O) groups excluding carboxylic acids is 1. The molecule has 0 saturated heterocycles. The summed E-state index contributed by atoms with van der Waals surface area (Å²) in [5, 5.41) is 9.16. The van der Waals surface area contributed by atoms with Gasteiger partial charge in [-0.3, -0.25) is 4.79 Å². The third-order valence-corrected chi connectivity index (χ3v) is 9.11. The maximum Gasteiger partial charge on any atom is 0.299 e.